The monoisotopic (exact) mass is 488 g/mol. The van der Waals surface area contributed by atoms with Crippen LogP contribution in [-0.2, 0) is 30.8 Å². The number of hydrogen-bond acceptors (Lipinski definition) is 7. The van der Waals surface area contributed by atoms with Crippen LogP contribution in [0.3, 0.4) is 0 Å². The van der Waals surface area contributed by atoms with Gasteiger partial charge in [-0.2, -0.15) is 0 Å². The number of carbonyl (C=O) groups excluding carboxylic acids is 2. The third-order valence-electron chi connectivity index (χ3n) is 5.28. The Morgan fingerprint density at radius 2 is 1.83 bits per heavy atom. The van der Waals surface area contributed by atoms with Crippen LogP contribution in [0.15, 0.2) is 23.0 Å². The maximum absolute atomic E-state index is 12.8. The molecule has 12 nitrogen and oxygen atoms in total. The smallest absolute Gasteiger partial charge is 0.404 e. The van der Waals surface area contributed by atoms with Gasteiger partial charge in [0.2, 0.25) is 11.8 Å². The van der Waals surface area contributed by atoms with Gasteiger partial charge in [0.25, 0.3) is 0 Å². The summed E-state index contributed by atoms with van der Waals surface area (Å²) in [6.45, 7) is 2.18. The molecule has 1 unspecified atom stereocenters. The van der Waals surface area contributed by atoms with E-state index in [-0.39, 0.29) is 44.2 Å². The number of fused-ring (bicyclic) bond motifs is 1. The maximum atomic E-state index is 12.8. The van der Waals surface area contributed by atoms with Gasteiger partial charge in [0.15, 0.2) is 0 Å². The summed E-state index contributed by atoms with van der Waals surface area (Å²) in [6.07, 6.45) is -0.613. The summed E-state index contributed by atoms with van der Waals surface area (Å²) in [6, 6.07) is 4.57. The van der Waals surface area contributed by atoms with Gasteiger partial charge in [-0.15, -0.1) is 0 Å². The first-order chi connectivity index (χ1) is 16.9. The highest BCUT2D eigenvalue weighted by molar-refractivity contribution is 6.00. The third kappa shape index (κ3) is 7.16. The predicted octanol–water partition coefficient (Wildman–Crippen LogP) is -0.0134. The standard InChI is InChI=1S/C23H28N4O8/c1-26-19-15-16(3-2-9-33-11-13-35-14-12-34-10-8-24-22(30)31)4-5-17(19)27(23(26)32)18-6-7-20(28)25-21(18)29/h4-5,15,18,24H,6-14H2,1H3,(H,30,31)(H,25,28,29). The highest BCUT2D eigenvalue weighted by Gasteiger charge is 2.31. The number of benzene rings is 1. The SMILES string of the molecule is Cn1c(=O)n(C2CCC(=O)NC2=O)c2ccc(C#CCOCCOCCOCCNC(=O)O)cc21. The summed E-state index contributed by atoms with van der Waals surface area (Å²) in [7, 11) is 1.63. The van der Waals surface area contributed by atoms with Crippen molar-refractivity contribution in [3.63, 3.8) is 0 Å². The van der Waals surface area contributed by atoms with Crippen molar-refractivity contribution in [3.05, 3.63) is 34.2 Å². The Bertz CT molecular complexity index is 1190. The number of imide groups is 1. The van der Waals surface area contributed by atoms with E-state index in [9.17, 15) is 19.2 Å². The van der Waals surface area contributed by atoms with Crippen molar-refractivity contribution in [2.24, 2.45) is 7.05 Å². The van der Waals surface area contributed by atoms with Crippen molar-refractivity contribution in [1.82, 2.24) is 19.8 Å². The van der Waals surface area contributed by atoms with E-state index < -0.39 is 18.0 Å². The van der Waals surface area contributed by atoms with E-state index in [1.807, 2.05) is 0 Å². The van der Waals surface area contributed by atoms with E-state index in [0.717, 1.165) is 0 Å². The lowest BCUT2D eigenvalue weighted by Gasteiger charge is -2.21. The van der Waals surface area contributed by atoms with Crippen molar-refractivity contribution in [3.8, 4) is 11.8 Å². The molecule has 1 aromatic carbocycles. The molecule has 0 bridgehead atoms. The molecule has 3 rings (SSSR count). The molecular weight excluding hydrogens is 460 g/mol. The van der Waals surface area contributed by atoms with Gasteiger partial charge in [0.1, 0.15) is 12.6 Å². The second kappa shape index (κ2) is 12.7. The summed E-state index contributed by atoms with van der Waals surface area (Å²) in [4.78, 5) is 46.8. The highest BCUT2D eigenvalue weighted by Crippen LogP contribution is 2.23. The molecule has 1 saturated heterocycles. The zero-order chi connectivity index (χ0) is 25.2. The van der Waals surface area contributed by atoms with Gasteiger partial charge >= 0.3 is 11.8 Å². The van der Waals surface area contributed by atoms with Gasteiger partial charge in [0.05, 0.1) is 44.1 Å². The molecule has 1 aromatic heterocycles. The van der Waals surface area contributed by atoms with Gasteiger partial charge in [-0.1, -0.05) is 11.8 Å². The molecule has 0 saturated carbocycles. The van der Waals surface area contributed by atoms with Crippen molar-refractivity contribution < 1.29 is 33.7 Å². The minimum absolute atomic E-state index is 0.188. The van der Waals surface area contributed by atoms with Crippen molar-refractivity contribution in [1.29, 1.82) is 0 Å². The fraction of sp³-hybridized carbons (Fsp3) is 0.478. The van der Waals surface area contributed by atoms with Crippen LogP contribution in [0.2, 0.25) is 0 Å². The molecule has 2 aromatic rings. The number of imidazole rings is 1. The van der Waals surface area contributed by atoms with E-state index in [0.29, 0.717) is 43.0 Å². The molecule has 1 atom stereocenters. The molecule has 188 valence electrons. The fourth-order valence-corrected chi connectivity index (χ4v) is 3.60. The van der Waals surface area contributed by atoms with E-state index in [1.165, 1.54) is 9.13 Å². The first-order valence-electron chi connectivity index (χ1n) is 11.1. The van der Waals surface area contributed by atoms with Crippen molar-refractivity contribution >= 4 is 28.9 Å². The number of nitrogens with one attached hydrogen (secondary N) is 2. The number of hydrogen-bond donors (Lipinski definition) is 3. The van der Waals surface area contributed by atoms with Gasteiger partial charge in [-0.05, 0) is 24.6 Å². The Morgan fingerprint density at radius 3 is 2.54 bits per heavy atom. The van der Waals surface area contributed by atoms with E-state index >= 15 is 0 Å². The number of amides is 3. The van der Waals surface area contributed by atoms with Crippen molar-refractivity contribution in [2.45, 2.75) is 18.9 Å². The number of aryl methyl sites for hydroxylation is 1. The van der Waals surface area contributed by atoms with Crippen LogP contribution < -0.4 is 16.3 Å². The third-order valence-corrected chi connectivity index (χ3v) is 5.28. The Morgan fingerprint density at radius 1 is 1.11 bits per heavy atom. The van der Waals surface area contributed by atoms with Crippen LogP contribution in [-0.4, -0.2) is 78.3 Å². The number of carboxylic acid groups (broad SMARTS) is 1. The number of nitrogens with zero attached hydrogens (tertiary/aromatic N) is 2. The minimum atomic E-state index is -1.08. The molecule has 35 heavy (non-hydrogen) atoms. The Balaban J connectivity index is 1.44. The predicted molar refractivity (Wildman–Crippen MR) is 124 cm³/mol. The molecule has 1 aliphatic heterocycles. The first-order valence-corrected chi connectivity index (χ1v) is 11.1. The lowest BCUT2D eigenvalue weighted by molar-refractivity contribution is -0.135. The zero-order valence-electron chi connectivity index (χ0n) is 19.4. The number of piperidine rings is 1. The van der Waals surface area contributed by atoms with E-state index in [4.69, 9.17) is 19.3 Å². The summed E-state index contributed by atoms with van der Waals surface area (Å²) in [5.41, 5.74) is 1.61. The lowest BCUT2D eigenvalue weighted by Crippen LogP contribution is -2.44. The molecule has 2 heterocycles. The van der Waals surface area contributed by atoms with Gasteiger partial charge in [-0.25, -0.2) is 9.59 Å². The molecule has 1 aliphatic rings. The number of carbonyl (C=O) groups is 3. The van der Waals surface area contributed by atoms with Gasteiger partial charge in [0, 0.05) is 25.6 Å². The molecule has 3 N–H and O–H groups in total. The molecule has 0 aliphatic carbocycles. The number of aromatic nitrogens is 2. The summed E-state index contributed by atoms with van der Waals surface area (Å²) >= 11 is 0. The lowest BCUT2D eigenvalue weighted by atomic mass is 10.1. The number of ether oxygens (including phenoxy) is 3. The average Bonchev–Trinajstić information content (AvgIpc) is 3.06. The molecule has 0 radical (unpaired) electrons. The fourth-order valence-electron chi connectivity index (χ4n) is 3.60. The van der Waals surface area contributed by atoms with E-state index in [1.54, 1.807) is 25.2 Å². The Hall–Kier alpha value is -3.66. The normalized spacial score (nSPS) is 15.5. The second-order valence-corrected chi connectivity index (χ2v) is 7.69. The summed E-state index contributed by atoms with van der Waals surface area (Å²) in [5, 5.41) is 12.9. The summed E-state index contributed by atoms with van der Waals surface area (Å²) < 4.78 is 18.9. The van der Waals surface area contributed by atoms with E-state index in [2.05, 4.69) is 22.5 Å². The molecular formula is C23H28N4O8. The second-order valence-electron chi connectivity index (χ2n) is 7.69. The maximum Gasteiger partial charge on any atom is 0.404 e. The van der Waals surface area contributed by atoms with Crippen LogP contribution in [0.5, 0.6) is 0 Å². The first kappa shape index (κ1) is 26.0. The molecule has 3 amide bonds. The molecule has 1 fully saturated rings. The van der Waals surface area contributed by atoms with Gasteiger partial charge in [-0.3, -0.25) is 24.0 Å². The quantitative estimate of drug-likeness (QED) is 0.227. The average molecular weight is 488 g/mol. The molecule has 12 heteroatoms. The van der Waals surface area contributed by atoms with Gasteiger partial charge < -0.3 is 24.6 Å². The summed E-state index contributed by atoms with van der Waals surface area (Å²) in [5.74, 6) is 5.11. The van der Waals surface area contributed by atoms with Crippen LogP contribution in [0.25, 0.3) is 11.0 Å². The van der Waals surface area contributed by atoms with Crippen LogP contribution in [0, 0.1) is 11.8 Å². The van der Waals surface area contributed by atoms with Crippen molar-refractivity contribution in [2.75, 3.05) is 46.2 Å². The Kier molecular flexibility index (Phi) is 9.42. The van der Waals surface area contributed by atoms with Crippen LogP contribution in [0.1, 0.15) is 24.4 Å². The van der Waals surface area contributed by atoms with Crippen LogP contribution >= 0.6 is 0 Å². The Labute approximate surface area is 201 Å². The number of rotatable bonds is 11. The minimum Gasteiger partial charge on any atom is -0.465 e. The largest absolute Gasteiger partial charge is 0.465 e. The topological polar surface area (TPSA) is 150 Å². The highest BCUT2D eigenvalue weighted by atomic mass is 16.5. The van der Waals surface area contributed by atoms with Crippen LogP contribution in [0.4, 0.5) is 4.79 Å². The zero-order valence-corrected chi connectivity index (χ0v) is 19.4. The molecule has 0 spiro atoms.